The van der Waals surface area contributed by atoms with E-state index in [1.165, 1.54) is 30.4 Å². The number of rotatable bonds is 9. The third-order valence-corrected chi connectivity index (χ3v) is 10.7. The molecule has 0 unspecified atom stereocenters. The van der Waals surface area contributed by atoms with E-state index in [2.05, 4.69) is 47.3 Å². The van der Waals surface area contributed by atoms with Crippen molar-refractivity contribution in [1.29, 1.82) is 0 Å². The van der Waals surface area contributed by atoms with Crippen LogP contribution in [0.2, 0.25) is 0 Å². The highest BCUT2D eigenvalue weighted by molar-refractivity contribution is 5.85. The molecular formula is C30H46O4. The van der Waals surface area contributed by atoms with E-state index in [-0.39, 0.29) is 22.7 Å². The van der Waals surface area contributed by atoms with Crippen LogP contribution in [0.15, 0.2) is 35.5 Å². The fraction of sp³-hybridized carbons (Fsp3) is 0.733. The van der Waals surface area contributed by atoms with Crippen LogP contribution in [0.25, 0.3) is 0 Å². The lowest BCUT2D eigenvalue weighted by Crippen LogP contribution is -2.52. The first-order valence-corrected chi connectivity index (χ1v) is 13.3. The fourth-order valence-corrected chi connectivity index (χ4v) is 8.44. The second kappa shape index (κ2) is 9.66. The van der Waals surface area contributed by atoms with Crippen LogP contribution in [0.4, 0.5) is 0 Å². The quantitative estimate of drug-likeness (QED) is 0.268. The Kier molecular flexibility index (Phi) is 7.60. The van der Waals surface area contributed by atoms with Gasteiger partial charge in [-0.15, -0.1) is 0 Å². The van der Waals surface area contributed by atoms with Crippen molar-refractivity contribution < 1.29 is 19.8 Å². The van der Waals surface area contributed by atoms with Gasteiger partial charge in [-0.05, 0) is 105 Å². The van der Waals surface area contributed by atoms with Crippen molar-refractivity contribution in [2.45, 2.75) is 99.3 Å². The van der Waals surface area contributed by atoms with E-state index in [9.17, 15) is 14.7 Å². The third kappa shape index (κ3) is 4.42. The molecular weight excluding hydrogens is 424 g/mol. The van der Waals surface area contributed by atoms with Crippen LogP contribution in [0.1, 0.15) is 99.3 Å². The van der Waals surface area contributed by atoms with Gasteiger partial charge < -0.3 is 10.2 Å². The smallest absolute Gasteiger partial charge is 0.330 e. The molecule has 34 heavy (non-hydrogen) atoms. The molecule has 7 atom stereocenters. The topological polar surface area (TPSA) is 74.6 Å². The summed E-state index contributed by atoms with van der Waals surface area (Å²) in [6, 6.07) is 0. The normalized spacial score (nSPS) is 38.5. The number of carbonyl (C=O) groups is 2. The van der Waals surface area contributed by atoms with Crippen LogP contribution in [0, 0.1) is 39.9 Å². The van der Waals surface area contributed by atoms with Crippen molar-refractivity contribution in [1.82, 2.24) is 0 Å². The van der Waals surface area contributed by atoms with Crippen LogP contribution >= 0.6 is 0 Å². The van der Waals surface area contributed by atoms with Crippen LogP contribution in [-0.4, -0.2) is 22.2 Å². The Morgan fingerprint density at radius 3 is 2.41 bits per heavy atom. The van der Waals surface area contributed by atoms with Gasteiger partial charge in [0.2, 0.25) is 0 Å². The molecule has 0 aromatic heterocycles. The maximum Gasteiger partial charge on any atom is 0.330 e. The number of carboxylic acids is 2. The molecule has 0 spiro atoms. The van der Waals surface area contributed by atoms with Crippen molar-refractivity contribution in [2.24, 2.45) is 39.9 Å². The third-order valence-electron chi connectivity index (χ3n) is 10.7. The summed E-state index contributed by atoms with van der Waals surface area (Å²) in [5.74, 6) is 0.491. The zero-order valence-electron chi connectivity index (χ0n) is 22.2. The summed E-state index contributed by atoms with van der Waals surface area (Å²) < 4.78 is 0. The summed E-state index contributed by atoms with van der Waals surface area (Å²) in [5, 5.41) is 18.6. The van der Waals surface area contributed by atoms with Gasteiger partial charge in [0.1, 0.15) is 0 Å². The van der Waals surface area contributed by atoms with Gasteiger partial charge in [-0.25, -0.2) is 4.79 Å². The zero-order valence-corrected chi connectivity index (χ0v) is 22.2. The highest BCUT2D eigenvalue weighted by atomic mass is 16.4. The molecule has 4 nitrogen and oxygen atoms in total. The lowest BCUT2D eigenvalue weighted by atomic mass is 9.44. The highest BCUT2D eigenvalue weighted by Gasteiger charge is 2.63. The average molecular weight is 471 g/mol. The summed E-state index contributed by atoms with van der Waals surface area (Å²) in [4.78, 5) is 22.7. The lowest BCUT2D eigenvalue weighted by molar-refractivity contribution is -0.138. The molecule has 0 amide bonds. The first-order valence-electron chi connectivity index (χ1n) is 13.3. The molecule has 0 aliphatic heterocycles. The minimum Gasteiger partial charge on any atom is -0.481 e. The molecule has 0 aromatic carbocycles. The molecule has 0 heterocycles. The van der Waals surface area contributed by atoms with E-state index in [1.807, 2.05) is 6.08 Å². The maximum atomic E-state index is 11.5. The van der Waals surface area contributed by atoms with Crippen molar-refractivity contribution >= 4 is 11.9 Å². The first kappa shape index (κ1) is 26.8. The summed E-state index contributed by atoms with van der Waals surface area (Å²) in [6.45, 7) is 17.8. The Morgan fingerprint density at radius 2 is 1.82 bits per heavy atom. The molecule has 0 saturated heterocycles. The van der Waals surface area contributed by atoms with E-state index in [4.69, 9.17) is 5.11 Å². The molecule has 3 rings (SSSR count). The van der Waals surface area contributed by atoms with Crippen molar-refractivity contribution in [3.8, 4) is 0 Å². The van der Waals surface area contributed by atoms with Crippen LogP contribution < -0.4 is 0 Å². The van der Waals surface area contributed by atoms with E-state index >= 15 is 0 Å². The summed E-state index contributed by atoms with van der Waals surface area (Å²) in [5.41, 5.74) is 3.45. The number of carboxylic acid groups (broad SMARTS) is 2. The number of allylic oxidation sites excluding steroid dienone is 4. The van der Waals surface area contributed by atoms with E-state index < -0.39 is 11.9 Å². The van der Waals surface area contributed by atoms with Gasteiger partial charge in [-0.1, -0.05) is 57.6 Å². The molecule has 4 heteroatoms. The van der Waals surface area contributed by atoms with Gasteiger partial charge in [0.15, 0.2) is 0 Å². The Hall–Kier alpha value is -1.84. The number of aliphatic carboxylic acids is 2. The second-order valence-corrected chi connectivity index (χ2v) is 12.4. The monoisotopic (exact) mass is 470 g/mol. The lowest BCUT2D eigenvalue weighted by Gasteiger charge is -2.60. The molecule has 190 valence electrons. The highest BCUT2D eigenvalue weighted by Crippen LogP contribution is 2.71. The Bertz CT molecular complexity index is 897. The summed E-state index contributed by atoms with van der Waals surface area (Å²) >= 11 is 0. The first-order chi connectivity index (χ1) is 15.8. The van der Waals surface area contributed by atoms with Gasteiger partial charge >= 0.3 is 11.9 Å². The Balaban J connectivity index is 1.89. The largest absolute Gasteiger partial charge is 0.481 e. The van der Waals surface area contributed by atoms with Gasteiger partial charge in [0.25, 0.3) is 0 Å². The Morgan fingerprint density at radius 1 is 1.15 bits per heavy atom. The fourth-order valence-electron chi connectivity index (χ4n) is 8.44. The second-order valence-electron chi connectivity index (χ2n) is 12.4. The molecule has 2 fully saturated rings. The summed E-state index contributed by atoms with van der Waals surface area (Å²) in [6.07, 6.45) is 12.9. The van der Waals surface area contributed by atoms with Crippen molar-refractivity contribution in [3.63, 3.8) is 0 Å². The predicted molar refractivity (Wildman–Crippen MR) is 137 cm³/mol. The molecule has 0 aromatic rings. The average Bonchev–Trinajstić information content (AvgIpc) is 3.03. The van der Waals surface area contributed by atoms with Gasteiger partial charge in [-0.2, -0.15) is 0 Å². The number of hydrogen-bond acceptors (Lipinski definition) is 2. The number of fused-ring (bicyclic) bond motifs is 3. The standard InChI is InChI=1S/C30H46O4/c1-19(2)22-11-12-25-24(28(22,5)16-15-26(31)32)14-18-29(6)23(13-17-30(25,29)7)20(3)9-8-10-21(4)27(33)34/h10,14,20,22-23,25H,1,8-9,11-13,15-18H2,2-7H3,(H,31,32)(H,33,34)/b21-10-/t20-,22-,23+,25+,28-,29-,30+/m1/s1. The minimum atomic E-state index is -0.825. The number of hydrogen-bond donors (Lipinski definition) is 2. The maximum absolute atomic E-state index is 11.5. The molecule has 2 saturated carbocycles. The van der Waals surface area contributed by atoms with E-state index in [1.54, 1.807) is 6.92 Å². The van der Waals surface area contributed by atoms with Crippen LogP contribution in [0.5, 0.6) is 0 Å². The Labute approximate surface area is 206 Å². The van der Waals surface area contributed by atoms with Gasteiger partial charge in [0.05, 0.1) is 0 Å². The summed E-state index contributed by atoms with van der Waals surface area (Å²) in [7, 11) is 0. The molecule has 3 aliphatic rings. The minimum absolute atomic E-state index is 0.125. The van der Waals surface area contributed by atoms with Crippen LogP contribution in [-0.2, 0) is 9.59 Å². The predicted octanol–water partition coefficient (Wildman–Crippen LogP) is 7.66. The molecule has 0 radical (unpaired) electrons. The van der Waals surface area contributed by atoms with Gasteiger partial charge in [0, 0.05) is 12.0 Å². The van der Waals surface area contributed by atoms with Crippen molar-refractivity contribution in [2.75, 3.05) is 0 Å². The SMILES string of the molecule is C=C(C)[C@H]1CC[C@H]2C(=CC[C@]3(C)[C@H]([C@H](C)CC/C=C(/C)C(=O)O)CC[C@@]23C)[C@]1(C)CCC(=O)O. The molecule has 0 bridgehead atoms. The van der Waals surface area contributed by atoms with Crippen LogP contribution in [0.3, 0.4) is 0 Å². The molecule has 3 aliphatic carbocycles. The van der Waals surface area contributed by atoms with Gasteiger partial charge in [-0.3, -0.25) is 4.79 Å². The van der Waals surface area contributed by atoms with E-state index in [0.29, 0.717) is 35.7 Å². The zero-order chi connectivity index (χ0) is 25.5. The molecule has 2 N–H and O–H groups in total. The van der Waals surface area contributed by atoms with Crippen molar-refractivity contribution in [3.05, 3.63) is 35.5 Å². The van der Waals surface area contributed by atoms with E-state index in [0.717, 1.165) is 25.7 Å².